The predicted octanol–water partition coefficient (Wildman–Crippen LogP) is 4.95. The lowest BCUT2D eigenvalue weighted by Gasteiger charge is -2.44. The van der Waals surface area contributed by atoms with Gasteiger partial charge < -0.3 is 28.9 Å². The molecule has 1 aromatic heterocycles. The molecule has 2 saturated heterocycles. The number of likely N-dealkylation sites (N-methyl/N-ethyl adjacent to an activating group) is 1. The smallest absolute Gasteiger partial charge is 0.410 e. The van der Waals surface area contributed by atoms with Gasteiger partial charge in [0.25, 0.3) is 0 Å². The zero-order valence-corrected chi connectivity index (χ0v) is 25.3. The number of hydrogen-bond acceptors (Lipinski definition) is 8. The molecule has 4 heterocycles. The maximum Gasteiger partial charge on any atom is 0.410 e. The Labute approximate surface area is 244 Å². The fourth-order valence-corrected chi connectivity index (χ4v) is 6.97. The van der Waals surface area contributed by atoms with Crippen molar-refractivity contribution in [3.63, 3.8) is 0 Å². The molecule has 6 rings (SSSR count). The van der Waals surface area contributed by atoms with E-state index in [0.717, 1.165) is 56.5 Å². The van der Waals surface area contributed by atoms with E-state index < -0.39 is 5.60 Å². The Bertz CT molecular complexity index is 1280. The molecule has 0 bridgehead atoms. The highest BCUT2D eigenvalue weighted by Crippen LogP contribution is 2.48. The number of carbonyl (C=O) groups excluding carboxylic acids is 1. The summed E-state index contributed by atoms with van der Waals surface area (Å²) < 4.78 is 18.9. The first-order valence-corrected chi connectivity index (χ1v) is 15.4. The van der Waals surface area contributed by atoms with Gasteiger partial charge in [-0.1, -0.05) is 24.3 Å². The fourth-order valence-electron chi connectivity index (χ4n) is 6.97. The zero-order valence-electron chi connectivity index (χ0n) is 25.3. The minimum absolute atomic E-state index is 0.0513. The van der Waals surface area contributed by atoms with Gasteiger partial charge in [-0.3, -0.25) is 0 Å². The van der Waals surface area contributed by atoms with E-state index in [-0.39, 0.29) is 17.7 Å². The van der Waals surface area contributed by atoms with E-state index in [1.807, 2.05) is 20.8 Å². The van der Waals surface area contributed by atoms with Crippen LogP contribution >= 0.6 is 0 Å². The highest BCUT2D eigenvalue weighted by Gasteiger charge is 2.44. The number of benzene rings is 1. The Kier molecular flexibility index (Phi) is 7.51. The molecular formula is C32H45N5O4. The van der Waals surface area contributed by atoms with Gasteiger partial charge in [0, 0.05) is 31.7 Å². The summed E-state index contributed by atoms with van der Waals surface area (Å²) in [4.78, 5) is 29.2. The number of hydrogen-bond donors (Lipinski definition) is 0. The molecule has 2 fully saturated rings. The number of likely N-dealkylation sites (tertiary alicyclic amines) is 1. The van der Waals surface area contributed by atoms with Crippen molar-refractivity contribution >= 4 is 11.9 Å². The van der Waals surface area contributed by atoms with Crippen molar-refractivity contribution in [2.45, 2.75) is 95.9 Å². The molecule has 0 N–H and O–H groups in total. The van der Waals surface area contributed by atoms with Gasteiger partial charge in [0.15, 0.2) is 0 Å². The molecule has 2 aromatic rings. The molecule has 9 nitrogen and oxygen atoms in total. The molecule has 1 unspecified atom stereocenters. The van der Waals surface area contributed by atoms with Crippen LogP contribution in [0.25, 0.3) is 0 Å². The van der Waals surface area contributed by atoms with E-state index in [0.29, 0.717) is 44.2 Å². The van der Waals surface area contributed by atoms with E-state index >= 15 is 0 Å². The normalized spacial score (nSPS) is 26.4. The molecule has 4 aliphatic rings. The van der Waals surface area contributed by atoms with Gasteiger partial charge in [-0.25, -0.2) is 4.79 Å². The second-order valence-corrected chi connectivity index (χ2v) is 13.3. The first-order valence-electron chi connectivity index (χ1n) is 15.4. The Morgan fingerprint density at radius 3 is 2.68 bits per heavy atom. The molecule has 9 heteroatoms. The number of rotatable bonds is 4. The third-order valence-electron chi connectivity index (χ3n) is 9.16. The number of anilines is 1. The van der Waals surface area contributed by atoms with Crippen molar-refractivity contribution < 1.29 is 19.0 Å². The Morgan fingerprint density at radius 1 is 1.10 bits per heavy atom. The monoisotopic (exact) mass is 563 g/mol. The molecule has 3 aliphatic heterocycles. The van der Waals surface area contributed by atoms with Crippen molar-refractivity contribution in [3.05, 3.63) is 41.0 Å². The predicted molar refractivity (Wildman–Crippen MR) is 158 cm³/mol. The Balaban J connectivity index is 1.30. The molecule has 1 amide bonds. The van der Waals surface area contributed by atoms with Gasteiger partial charge in [-0.2, -0.15) is 9.97 Å². The van der Waals surface area contributed by atoms with Gasteiger partial charge >= 0.3 is 12.1 Å². The average Bonchev–Trinajstić information content (AvgIpc) is 3.35. The largest absolute Gasteiger partial charge is 0.466 e. The molecule has 1 aliphatic carbocycles. The number of aryl methyl sites for hydroxylation is 1. The van der Waals surface area contributed by atoms with Crippen LogP contribution < -0.4 is 14.4 Å². The summed E-state index contributed by atoms with van der Waals surface area (Å²) in [6, 6.07) is 9.50. The minimum atomic E-state index is -0.520. The number of nitrogens with zero attached hydrogens (tertiary/aromatic N) is 5. The van der Waals surface area contributed by atoms with Crippen molar-refractivity contribution in [1.29, 1.82) is 0 Å². The van der Waals surface area contributed by atoms with Crippen LogP contribution in [0.4, 0.5) is 10.6 Å². The van der Waals surface area contributed by atoms with Gasteiger partial charge in [0.2, 0.25) is 5.88 Å². The molecule has 1 spiro atoms. The summed E-state index contributed by atoms with van der Waals surface area (Å²) in [5.74, 6) is 1.52. The van der Waals surface area contributed by atoms with Crippen LogP contribution in [-0.4, -0.2) is 83.4 Å². The van der Waals surface area contributed by atoms with Crippen LogP contribution in [0.3, 0.4) is 0 Å². The summed E-state index contributed by atoms with van der Waals surface area (Å²) in [6.07, 6.45) is 6.95. The summed E-state index contributed by atoms with van der Waals surface area (Å²) in [5, 5.41) is 0. The van der Waals surface area contributed by atoms with Crippen molar-refractivity contribution in [1.82, 2.24) is 19.8 Å². The lowest BCUT2D eigenvalue weighted by Crippen LogP contribution is -2.55. The SMILES string of the molecule is C[C@H]1CN(C(=O)OC(C)(C)C)CCN1c1nc(OC[C@@H]2CCCN2C)nc2c1CCC1(CCCc3ccccc31)O2. The number of amides is 1. The quantitative estimate of drug-likeness (QED) is 0.517. The van der Waals surface area contributed by atoms with E-state index in [4.69, 9.17) is 24.2 Å². The third kappa shape index (κ3) is 5.70. The number of carbonyl (C=O) groups is 1. The maximum absolute atomic E-state index is 12.8. The molecule has 0 saturated carbocycles. The lowest BCUT2D eigenvalue weighted by molar-refractivity contribution is 0.0180. The summed E-state index contributed by atoms with van der Waals surface area (Å²) in [7, 11) is 2.15. The van der Waals surface area contributed by atoms with Gasteiger partial charge in [0.1, 0.15) is 23.6 Å². The molecule has 0 radical (unpaired) electrons. The summed E-state index contributed by atoms with van der Waals surface area (Å²) in [5.41, 5.74) is 2.84. The van der Waals surface area contributed by atoms with E-state index in [1.165, 1.54) is 17.5 Å². The average molecular weight is 564 g/mol. The van der Waals surface area contributed by atoms with Crippen molar-refractivity contribution in [3.8, 4) is 11.9 Å². The minimum Gasteiger partial charge on any atom is -0.466 e. The van der Waals surface area contributed by atoms with E-state index in [9.17, 15) is 4.79 Å². The first kappa shape index (κ1) is 28.1. The van der Waals surface area contributed by atoms with Crippen molar-refractivity contribution in [2.75, 3.05) is 44.7 Å². The van der Waals surface area contributed by atoms with Crippen LogP contribution in [-0.2, 0) is 23.2 Å². The fraction of sp³-hybridized carbons (Fsp3) is 0.656. The molecular weight excluding hydrogens is 518 g/mol. The topological polar surface area (TPSA) is 80.3 Å². The molecule has 222 valence electrons. The van der Waals surface area contributed by atoms with E-state index in [1.54, 1.807) is 4.90 Å². The van der Waals surface area contributed by atoms with Crippen LogP contribution in [0.15, 0.2) is 24.3 Å². The third-order valence-corrected chi connectivity index (χ3v) is 9.16. The van der Waals surface area contributed by atoms with Gasteiger partial charge in [-0.05, 0) is 97.4 Å². The van der Waals surface area contributed by atoms with Crippen molar-refractivity contribution in [2.24, 2.45) is 0 Å². The lowest BCUT2D eigenvalue weighted by atomic mass is 9.75. The first-order chi connectivity index (χ1) is 19.6. The summed E-state index contributed by atoms with van der Waals surface area (Å²) in [6.45, 7) is 11.3. The highest BCUT2D eigenvalue weighted by molar-refractivity contribution is 5.69. The summed E-state index contributed by atoms with van der Waals surface area (Å²) >= 11 is 0. The van der Waals surface area contributed by atoms with Crippen LogP contribution in [0.2, 0.25) is 0 Å². The number of aromatic nitrogens is 2. The van der Waals surface area contributed by atoms with Crippen LogP contribution in [0, 0.1) is 0 Å². The standard InChI is InChI=1S/C32H45N5O4/c1-22-20-36(30(38)41-31(2,3)4)18-19-37(22)27-25-14-16-32(15-8-11-23-10-6-7-13-26(23)32)40-28(25)34-29(33-27)39-21-24-12-9-17-35(24)5/h6-7,10,13,22,24H,8-9,11-12,14-21H2,1-5H3/t22-,24-,32?/m0/s1. The molecule has 41 heavy (non-hydrogen) atoms. The second kappa shape index (κ2) is 11.0. The number of ether oxygens (including phenoxy) is 3. The van der Waals surface area contributed by atoms with Gasteiger partial charge in [0.05, 0.1) is 5.56 Å². The van der Waals surface area contributed by atoms with E-state index in [2.05, 4.69) is 48.0 Å². The highest BCUT2D eigenvalue weighted by atomic mass is 16.6. The second-order valence-electron chi connectivity index (χ2n) is 13.3. The molecule has 1 aromatic carbocycles. The van der Waals surface area contributed by atoms with Crippen LogP contribution in [0.5, 0.6) is 11.9 Å². The van der Waals surface area contributed by atoms with Gasteiger partial charge in [-0.15, -0.1) is 0 Å². The Hall–Kier alpha value is -3.07. The van der Waals surface area contributed by atoms with Crippen LogP contribution in [0.1, 0.15) is 76.5 Å². The maximum atomic E-state index is 12.8. The zero-order chi connectivity index (χ0) is 28.8. The number of fused-ring (bicyclic) bond motifs is 3. The number of piperazine rings is 1. The molecule has 3 atom stereocenters. The Morgan fingerprint density at radius 2 is 1.93 bits per heavy atom.